The van der Waals surface area contributed by atoms with Crippen LogP contribution in [-0.2, 0) is 9.59 Å². The van der Waals surface area contributed by atoms with Gasteiger partial charge in [0.1, 0.15) is 5.03 Å². The second-order valence-electron chi connectivity index (χ2n) is 9.70. The smallest absolute Gasteiger partial charge is 0.213 e. The van der Waals surface area contributed by atoms with E-state index < -0.39 is 0 Å². The van der Waals surface area contributed by atoms with E-state index in [4.69, 9.17) is 11.6 Å². The van der Waals surface area contributed by atoms with Gasteiger partial charge in [0.25, 0.3) is 0 Å². The lowest BCUT2D eigenvalue weighted by molar-refractivity contribution is -0.114. The maximum absolute atomic E-state index is 14.4. The Morgan fingerprint density at radius 2 is 0.714 bits per heavy atom. The highest BCUT2D eigenvalue weighted by Crippen LogP contribution is 2.49. The first kappa shape index (κ1) is 27.1. The van der Waals surface area contributed by atoms with E-state index >= 15 is 0 Å². The van der Waals surface area contributed by atoms with Crippen LogP contribution >= 0.6 is 46.9 Å². The van der Waals surface area contributed by atoms with Crippen molar-refractivity contribution in [2.24, 2.45) is 0 Å². The van der Waals surface area contributed by atoms with Crippen molar-refractivity contribution in [1.29, 1.82) is 0 Å². The van der Waals surface area contributed by atoms with Gasteiger partial charge in [-0.15, -0.1) is 0 Å². The van der Waals surface area contributed by atoms with E-state index in [2.05, 4.69) is 0 Å². The van der Waals surface area contributed by atoms with Crippen LogP contribution < -0.4 is 0 Å². The Morgan fingerprint density at radius 3 is 1.14 bits per heavy atom. The summed E-state index contributed by atoms with van der Waals surface area (Å²) >= 11 is 10.7. The number of fused-ring (bicyclic) bond motifs is 3. The molecule has 0 saturated carbocycles. The van der Waals surface area contributed by atoms with Crippen LogP contribution in [0, 0.1) is 0 Å². The van der Waals surface area contributed by atoms with Crippen LogP contribution in [0.15, 0.2) is 162 Å². The summed E-state index contributed by atoms with van der Waals surface area (Å²) in [4.78, 5) is 32.2. The van der Waals surface area contributed by atoms with Crippen LogP contribution in [0.3, 0.4) is 0 Å². The maximum atomic E-state index is 14.4. The Balaban J connectivity index is 1.36. The molecule has 2 nitrogen and oxygen atoms in total. The number of carbonyl (C=O) groups excluding carboxylic acids is 2. The van der Waals surface area contributed by atoms with Gasteiger partial charge in [-0.05, 0) is 50.5 Å². The molecule has 1 aliphatic carbocycles. The highest BCUT2D eigenvalue weighted by atomic mass is 35.5. The molecule has 6 aromatic rings. The molecule has 0 unspecified atom stereocenters. The minimum absolute atomic E-state index is 0.0389. The fourth-order valence-corrected chi connectivity index (χ4v) is 8.86. The molecule has 6 aromatic carbocycles. The number of Topliss-reactive ketones (excluding diaryl/α,β-unsaturated/α-hetero) is 2. The van der Waals surface area contributed by atoms with Gasteiger partial charge >= 0.3 is 0 Å². The molecule has 0 amide bonds. The van der Waals surface area contributed by atoms with Gasteiger partial charge in [-0.2, -0.15) is 0 Å². The molecule has 0 saturated heterocycles. The normalized spacial score (nSPS) is 14.0. The van der Waals surface area contributed by atoms with Crippen molar-refractivity contribution in [2.45, 2.75) is 14.7 Å². The Kier molecular flexibility index (Phi) is 7.43. The van der Waals surface area contributed by atoms with Gasteiger partial charge in [0, 0.05) is 14.7 Å². The third-order valence-corrected chi connectivity index (χ3v) is 11.2. The van der Waals surface area contributed by atoms with Crippen molar-refractivity contribution < 1.29 is 9.59 Å². The molecule has 0 atom stereocenters. The van der Waals surface area contributed by atoms with E-state index in [1.807, 2.05) is 127 Å². The third-order valence-electron chi connectivity index (χ3n) is 7.11. The molecule has 0 heterocycles. The van der Waals surface area contributed by atoms with E-state index in [1.54, 1.807) is 0 Å². The van der Waals surface area contributed by atoms with Gasteiger partial charge in [-0.25, -0.2) is 0 Å². The lowest BCUT2D eigenvalue weighted by Crippen LogP contribution is -2.18. The fraction of sp³-hybridized carbons (Fsp3) is 0. The SMILES string of the molecule is O=C1C(Cl)=C(Sc2cccc3ccccc23)C(=O)C(Sc2cccc3ccccc23)=C1Sc1cccc2ccccc12. The zero-order valence-electron chi connectivity index (χ0n) is 22.0. The zero-order chi connectivity index (χ0) is 28.6. The summed E-state index contributed by atoms with van der Waals surface area (Å²) in [6, 6.07) is 42.1. The van der Waals surface area contributed by atoms with Gasteiger partial charge in [0.15, 0.2) is 0 Å². The van der Waals surface area contributed by atoms with Gasteiger partial charge < -0.3 is 0 Å². The molecular weight excluding hydrogens is 596 g/mol. The molecule has 202 valence electrons. The van der Waals surface area contributed by atoms with E-state index in [-0.39, 0.29) is 21.5 Å². The van der Waals surface area contributed by atoms with Crippen LogP contribution in [0.1, 0.15) is 0 Å². The standard InChI is InChI=1S/C36H21ClO2S3/c37-31-32(38)35(41-29-20-8-14-23-11-2-5-17-26(23)29)36(42-30-21-9-15-24-12-3-6-18-27(24)30)33(39)34(31)40-28-19-7-13-22-10-1-4-16-25(22)28/h1-21H. The number of rotatable bonds is 6. The number of hydrogen-bond acceptors (Lipinski definition) is 5. The van der Waals surface area contributed by atoms with Gasteiger partial charge in [-0.3, -0.25) is 9.59 Å². The zero-order valence-corrected chi connectivity index (χ0v) is 25.2. The highest BCUT2D eigenvalue weighted by Gasteiger charge is 2.36. The monoisotopic (exact) mass is 616 g/mol. The number of thioether (sulfide) groups is 3. The van der Waals surface area contributed by atoms with Crippen LogP contribution in [0.2, 0.25) is 0 Å². The average molecular weight is 617 g/mol. The molecule has 7 rings (SSSR count). The van der Waals surface area contributed by atoms with Crippen molar-refractivity contribution in [2.75, 3.05) is 0 Å². The number of hydrogen-bond donors (Lipinski definition) is 0. The van der Waals surface area contributed by atoms with Crippen molar-refractivity contribution in [3.8, 4) is 0 Å². The molecule has 1 aliphatic rings. The Labute approximate surface area is 260 Å². The molecule has 0 N–H and O–H groups in total. The minimum Gasteiger partial charge on any atom is -0.287 e. The quantitative estimate of drug-likeness (QED) is 0.174. The summed E-state index contributed by atoms with van der Waals surface area (Å²) in [7, 11) is 0. The highest BCUT2D eigenvalue weighted by molar-refractivity contribution is 8.09. The molecule has 0 fully saturated rings. The summed E-state index contributed by atoms with van der Waals surface area (Å²) in [6.07, 6.45) is 0. The summed E-state index contributed by atoms with van der Waals surface area (Å²) in [5.41, 5.74) is 0. The third kappa shape index (κ3) is 4.97. The Hall–Kier alpha value is -3.74. The predicted octanol–water partition coefficient (Wildman–Crippen LogP) is 10.6. The first-order valence-electron chi connectivity index (χ1n) is 13.3. The Morgan fingerprint density at radius 1 is 0.381 bits per heavy atom. The second kappa shape index (κ2) is 11.5. The van der Waals surface area contributed by atoms with E-state index in [0.717, 1.165) is 47.0 Å². The number of halogens is 1. The van der Waals surface area contributed by atoms with Crippen LogP contribution in [0.5, 0.6) is 0 Å². The summed E-state index contributed by atoms with van der Waals surface area (Å²) in [6.45, 7) is 0. The topological polar surface area (TPSA) is 34.1 Å². The Bertz CT molecular complexity index is 2110. The molecule has 42 heavy (non-hydrogen) atoms. The van der Waals surface area contributed by atoms with E-state index in [9.17, 15) is 9.59 Å². The summed E-state index contributed by atoms with van der Waals surface area (Å²) < 4.78 is 0. The van der Waals surface area contributed by atoms with Crippen molar-refractivity contribution >= 4 is 90.8 Å². The molecule has 0 aromatic heterocycles. The van der Waals surface area contributed by atoms with E-state index in [1.165, 1.54) is 35.3 Å². The maximum Gasteiger partial charge on any atom is 0.213 e. The lowest BCUT2D eigenvalue weighted by Gasteiger charge is -2.21. The molecule has 0 bridgehead atoms. The van der Waals surface area contributed by atoms with Gasteiger partial charge in [0.2, 0.25) is 11.6 Å². The van der Waals surface area contributed by atoms with Crippen LogP contribution in [-0.4, -0.2) is 11.6 Å². The van der Waals surface area contributed by atoms with Gasteiger partial charge in [-0.1, -0.05) is 156 Å². The van der Waals surface area contributed by atoms with Gasteiger partial charge in [0.05, 0.1) is 14.7 Å². The summed E-state index contributed by atoms with van der Waals surface area (Å²) in [5, 5.41) is 6.20. The fourth-order valence-electron chi connectivity index (χ4n) is 5.07. The first-order valence-corrected chi connectivity index (χ1v) is 16.1. The van der Waals surface area contributed by atoms with Crippen LogP contribution in [0.25, 0.3) is 32.3 Å². The molecule has 0 spiro atoms. The number of allylic oxidation sites excluding steroid dienone is 4. The van der Waals surface area contributed by atoms with Crippen molar-refractivity contribution in [3.05, 3.63) is 147 Å². The predicted molar refractivity (Wildman–Crippen MR) is 179 cm³/mol. The molecular formula is C36H21ClO2S3. The minimum atomic E-state index is -0.334. The number of carbonyl (C=O) groups is 2. The lowest BCUT2D eigenvalue weighted by atomic mass is 10.1. The van der Waals surface area contributed by atoms with Crippen molar-refractivity contribution in [3.63, 3.8) is 0 Å². The van der Waals surface area contributed by atoms with Crippen LogP contribution in [0.4, 0.5) is 0 Å². The average Bonchev–Trinajstić information content (AvgIpc) is 3.04. The second-order valence-corrected chi connectivity index (χ2v) is 13.2. The number of ketones is 2. The first-order chi connectivity index (χ1) is 20.6. The largest absolute Gasteiger partial charge is 0.287 e. The molecule has 0 radical (unpaired) electrons. The molecule has 0 aliphatic heterocycles. The number of benzene rings is 6. The van der Waals surface area contributed by atoms with E-state index in [0.29, 0.717) is 9.81 Å². The van der Waals surface area contributed by atoms with Crippen molar-refractivity contribution in [1.82, 2.24) is 0 Å². The molecule has 6 heteroatoms. The summed E-state index contributed by atoms with van der Waals surface area (Å²) in [5.74, 6) is -0.571.